The van der Waals surface area contributed by atoms with Gasteiger partial charge in [-0.1, -0.05) is 43.7 Å². The van der Waals surface area contributed by atoms with Crippen LogP contribution in [0.15, 0.2) is 18.5 Å². The van der Waals surface area contributed by atoms with Gasteiger partial charge < -0.3 is 0 Å². The van der Waals surface area contributed by atoms with Gasteiger partial charge in [0.05, 0.1) is 16.5 Å². The minimum absolute atomic E-state index is 0.217. The molecule has 1 aromatic rings. The van der Waals surface area contributed by atoms with E-state index in [1.165, 1.54) is 19.3 Å². The van der Waals surface area contributed by atoms with Crippen LogP contribution >= 0.6 is 11.6 Å². The molecular weight excluding hydrogens is 244 g/mol. The highest BCUT2D eigenvalue weighted by molar-refractivity contribution is 6.31. The minimum Gasteiger partial charge on any atom is -0.263 e. The molecule has 0 aliphatic heterocycles. The third kappa shape index (κ3) is 3.23. The highest BCUT2D eigenvalue weighted by atomic mass is 35.5. The summed E-state index contributed by atoms with van der Waals surface area (Å²) in [4.78, 5) is 4.01. The number of pyridine rings is 1. The van der Waals surface area contributed by atoms with Crippen molar-refractivity contribution in [3.63, 3.8) is 0 Å². The summed E-state index contributed by atoms with van der Waals surface area (Å²) in [6.45, 7) is 0. The first-order valence-electron chi connectivity index (χ1n) is 6.75. The lowest BCUT2D eigenvalue weighted by Crippen LogP contribution is -2.23. The minimum atomic E-state index is -0.217. The first-order valence-corrected chi connectivity index (χ1v) is 7.13. The number of aromatic nitrogens is 1. The summed E-state index contributed by atoms with van der Waals surface area (Å²) in [7, 11) is 0. The van der Waals surface area contributed by atoms with Crippen LogP contribution in [-0.2, 0) is 6.42 Å². The Morgan fingerprint density at radius 3 is 2.50 bits per heavy atom. The van der Waals surface area contributed by atoms with Gasteiger partial charge in [0, 0.05) is 12.4 Å². The van der Waals surface area contributed by atoms with Crippen molar-refractivity contribution in [1.82, 2.24) is 4.98 Å². The second kappa shape index (κ2) is 6.20. The molecule has 1 fully saturated rings. The van der Waals surface area contributed by atoms with Crippen molar-refractivity contribution < 1.29 is 0 Å². The van der Waals surface area contributed by atoms with Gasteiger partial charge in [-0.05, 0) is 30.9 Å². The fourth-order valence-corrected chi connectivity index (χ4v) is 3.01. The monoisotopic (exact) mass is 262 g/mol. The molecule has 1 saturated carbocycles. The smallest absolute Gasteiger partial charge is 0.0693 e. The fourth-order valence-electron chi connectivity index (χ4n) is 2.82. The Hall–Kier alpha value is -1.07. The lowest BCUT2D eigenvalue weighted by atomic mass is 9.73. The maximum absolute atomic E-state index is 9.60. The first-order chi connectivity index (χ1) is 8.76. The van der Waals surface area contributed by atoms with E-state index in [-0.39, 0.29) is 5.41 Å². The molecule has 96 valence electrons. The summed E-state index contributed by atoms with van der Waals surface area (Å²) in [5.74, 6) is 0. The molecule has 1 aliphatic rings. The summed E-state index contributed by atoms with van der Waals surface area (Å²) < 4.78 is 0. The van der Waals surface area contributed by atoms with Crippen LogP contribution < -0.4 is 0 Å². The molecule has 0 bridgehead atoms. The number of hydrogen-bond donors (Lipinski definition) is 0. The zero-order valence-electron chi connectivity index (χ0n) is 10.7. The van der Waals surface area contributed by atoms with Gasteiger partial charge in [-0.3, -0.25) is 4.98 Å². The van der Waals surface area contributed by atoms with Gasteiger partial charge in [0.25, 0.3) is 0 Å². The molecule has 2 rings (SSSR count). The Morgan fingerprint density at radius 1 is 1.22 bits per heavy atom. The molecule has 1 heterocycles. The lowest BCUT2D eigenvalue weighted by molar-refractivity contribution is 0.287. The van der Waals surface area contributed by atoms with E-state index in [1.54, 1.807) is 12.4 Å². The van der Waals surface area contributed by atoms with Crippen LogP contribution in [0.25, 0.3) is 0 Å². The van der Waals surface area contributed by atoms with Crippen molar-refractivity contribution in [3.05, 3.63) is 29.0 Å². The lowest BCUT2D eigenvalue weighted by Gasteiger charge is -2.29. The van der Waals surface area contributed by atoms with Crippen LogP contribution in [0, 0.1) is 16.7 Å². The number of halogens is 1. The van der Waals surface area contributed by atoms with E-state index >= 15 is 0 Å². The van der Waals surface area contributed by atoms with E-state index in [4.69, 9.17) is 11.6 Å². The topological polar surface area (TPSA) is 36.7 Å². The Morgan fingerprint density at radius 2 is 1.89 bits per heavy atom. The van der Waals surface area contributed by atoms with Crippen molar-refractivity contribution in [2.45, 2.75) is 51.4 Å². The third-order valence-corrected chi connectivity index (χ3v) is 4.27. The van der Waals surface area contributed by atoms with E-state index < -0.39 is 0 Å². The highest BCUT2D eigenvalue weighted by Gasteiger charge is 2.31. The van der Waals surface area contributed by atoms with E-state index in [0.29, 0.717) is 5.02 Å². The van der Waals surface area contributed by atoms with Crippen molar-refractivity contribution >= 4 is 11.6 Å². The quantitative estimate of drug-likeness (QED) is 0.785. The molecule has 0 aromatic carbocycles. The molecular formula is C15H19ClN2. The second-order valence-electron chi connectivity index (χ2n) is 5.30. The molecule has 2 nitrogen and oxygen atoms in total. The Labute approximate surface area is 114 Å². The van der Waals surface area contributed by atoms with Gasteiger partial charge >= 0.3 is 0 Å². The standard InChI is InChI=1S/C15H19ClN2/c16-14-11-18-9-6-13(14)10-15(12-17)7-4-2-1-3-5-8-15/h6,9,11H,1-5,7-8,10H2. The van der Waals surface area contributed by atoms with Crippen LogP contribution in [-0.4, -0.2) is 4.98 Å². The van der Waals surface area contributed by atoms with Crippen LogP contribution in [0.4, 0.5) is 0 Å². The van der Waals surface area contributed by atoms with Crippen molar-refractivity contribution in [2.24, 2.45) is 5.41 Å². The van der Waals surface area contributed by atoms with Crippen LogP contribution in [0.3, 0.4) is 0 Å². The van der Waals surface area contributed by atoms with Crippen molar-refractivity contribution in [1.29, 1.82) is 5.26 Å². The Balaban J connectivity index is 2.16. The molecule has 0 radical (unpaired) electrons. The molecule has 3 heteroatoms. The Bertz CT molecular complexity index is 428. The van der Waals surface area contributed by atoms with Gasteiger partial charge in [0.15, 0.2) is 0 Å². The van der Waals surface area contributed by atoms with Gasteiger partial charge in [0.1, 0.15) is 0 Å². The molecule has 0 N–H and O–H groups in total. The van der Waals surface area contributed by atoms with E-state index in [9.17, 15) is 5.26 Å². The third-order valence-electron chi connectivity index (χ3n) is 3.93. The molecule has 18 heavy (non-hydrogen) atoms. The molecule has 0 unspecified atom stereocenters. The maximum Gasteiger partial charge on any atom is 0.0693 e. The van der Waals surface area contributed by atoms with Gasteiger partial charge in [-0.15, -0.1) is 0 Å². The van der Waals surface area contributed by atoms with Crippen LogP contribution in [0.2, 0.25) is 5.02 Å². The van der Waals surface area contributed by atoms with Crippen LogP contribution in [0.5, 0.6) is 0 Å². The molecule has 1 aliphatic carbocycles. The van der Waals surface area contributed by atoms with Gasteiger partial charge in [-0.2, -0.15) is 5.26 Å². The molecule has 0 amide bonds. The van der Waals surface area contributed by atoms with Crippen LogP contribution in [0.1, 0.15) is 50.5 Å². The summed E-state index contributed by atoms with van der Waals surface area (Å²) in [5, 5.41) is 10.3. The first kappa shape index (κ1) is 13.4. The fraction of sp³-hybridized carbons (Fsp3) is 0.600. The summed E-state index contributed by atoms with van der Waals surface area (Å²) in [5.41, 5.74) is 0.847. The highest BCUT2D eigenvalue weighted by Crippen LogP contribution is 2.37. The van der Waals surface area contributed by atoms with E-state index in [0.717, 1.165) is 37.7 Å². The van der Waals surface area contributed by atoms with Gasteiger partial charge in [-0.25, -0.2) is 0 Å². The number of nitriles is 1. The van der Waals surface area contributed by atoms with Crippen molar-refractivity contribution in [2.75, 3.05) is 0 Å². The van der Waals surface area contributed by atoms with Gasteiger partial charge in [0.2, 0.25) is 0 Å². The normalized spacial score (nSPS) is 19.6. The number of rotatable bonds is 2. The molecule has 0 saturated heterocycles. The number of nitrogens with zero attached hydrogens (tertiary/aromatic N) is 2. The Kier molecular flexibility index (Phi) is 4.60. The molecule has 0 atom stereocenters. The maximum atomic E-state index is 9.60. The van der Waals surface area contributed by atoms with E-state index in [1.807, 2.05) is 6.07 Å². The zero-order valence-corrected chi connectivity index (χ0v) is 11.4. The SMILES string of the molecule is N#CC1(Cc2ccncc2Cl)CCCCCCC1. The predicted molar refractivity (Wildman–Crippen MR) is 73.3 cm³/mol. The average molecular weight is 263 g/mol. The van der Waals surface area contributed by atoms with E-state index in [2.05, 4.69) is 11.1 Å². The summed E-state index contributed by atoms with van der Waals surface area (Å²) in [6.07, 6.45) is 12.4. The number of hydrogen-bond acceptors (Lipinski definition) is 2. The molecule has 1 aromatic heterocycles. The second-order valence-corrected chi connectivity index (χ2v) is 5.71. The average Bonchev–Trinajstić information content (AvgIpc) is 2.35. The predicted octanol–water partition coefficient (Wildman–Crippen LogP) is 4.53. The largest absolute Gasteiger partial charge is 0.263 e. The summed E-state index contributed by atoms with van der Waals surface area (Å²) in [6, 6.07) is 4.53. The molecule has 0 spiro atoms. The zero-order chi connectivity index (χ0) is 12.8. The van der Waals surface area contributed by atoms with Crippen molar-refractivity contribution in [3.8, 4) is 6.07 Å². The summed E-state index contributed by atoms with van der Waals surface area (Å²) >= 11 is 6.16.